The molecule has 0 N–H and O–H groups in total. The fraction of sp³-hybridized carbons (Fsp3) is 0.667. The van der Waals surface area contributed by atoms with Crippen LogP contribution in [0.5, 0.6) is 0 Å². The van der Waals surface area contributed by atoms with Crippen molar-refractivity contribution in [1.82, 2.24) is 0 Å². The average Bonchev–Trinajstić information content (AvgIpc) is 2.00. The molecule has 0 aliphatic rings. The number of halogens is 5. The van der Waals surface area contributed by atoms with Gasteiger partial charge in [-0.05, 0) is 18.5 Å². The fourth-order valence-corrected chi connectivity index (χ4v) is 0.777. The number of esters is 1. The lowest BCUT2D eigenvalue weighted by Crippen LogP contribution is -2.52. The molecule has 0 aromatic heterocycles. The van der Waals surface area contributed by atoms with Crippen LogP contribution < -0.4 is 0 Å². The van der Waals surface area contributed by atoms with Gasteiger partial charge in [0.15, 0.2) is 0 Å². The Hall–Kier alpha value is -0.490. The Morgan fingerprint density at radius 3 is 2.00 bits per heavy atom. The molecule has 0 spiro atoms. The minimum absolute atomic E-state index is 0.340. The molecule has 0 bridgehead atoms. The van der Waals surface area contributed by atoms with E-state index in [0.717, 1.165) is 0 Å². The van der Waals surface area contributed by atoms with Gasteiger partial charge >= 0.3 is 17.0 Å². The third kappa shape index (κ3) is 2.30. The molecule has 3 nitrogen and oxygen atoms in total. The van der Waals surface area contributed by atoms with Gasteiger partial charge in [0.1, 0.15) is 0 Å². The quantitative estimate of drug-likeness (QED) is 0.333. The zero-order valence-electron chi connectivity index (χ0n) is 6.82. The minimum atomic E-state index is -5.29. The van der Waals surface area contributed by atoms with Gasteiger partial charge < -0.3 is 4.74 Å². The van der Waals surface area contributed by atoms with Gasteiger partial charge in [-0.2, -0.15) is 13.2 Å². The molecule has 0 amide bonds. The number of carbonyl (C=O) groups is 2. The van der Waals surface area contributed by atoms with Crippen LogP contribution >= 0.6 is 23.2 Å². The number of ether oxygens (including phenoxy) is 1. The summed E-state index contributed by atoms with van der Waals surface area (Å²) in [4.78, 5) is 17.4. The van der Waals surface area contributed by atoms with Crippen LogP contribution in [-0.2, 0) is 14.3 Å². The van der Waals surface area contributed by atoms with Gasteiger partial charge in [0.25, 0.3) is 5.24 Å². The fourth-order valence-electron chi connectivity index (χ4n) is 0.538. The Morgan fingerprint density at radius 1 is 1.36 bits per heavy atom. The highest BCUT2D eigenvalue weighted by atomic mass is 35.5. The van der Waals surface area contributed by atoms with E-state index < -0.39 is 22.3 Å². The smallest absolute Gasteiger partial charge is 0.426 e. The highest BCUT2D eigenvalue weighted by molar-refractivity contribution is 6.74. The molecule has 0 heterocycles. The second-order valence-electron chi connectivity index (χ2n) is 2.15. The zero-order chi connectivity index (χ0) is 11.6. The molecule has 0 aliphatic heterocycles. The van der Waals surface area contributed by atoms with E-state index in [1.807, 2.05) is 0 Å². The van der Waals surface area contributed by atoms with Crippen molar-refractivity contribution >= 4 is 34.4 Å². The molecule has 1 unspecified atom stereocenters. The van der Waals surface area contributed by atoms with Gasteiger partial charge in [0.2, 0.25) is 0 Å². The third-order valence-corrected chi connectivity index (χ3v) is 2.14. The van der Waals surface area contributed by atoms with E-state index in [0.29, 0.717) is 0 Å². The van der Waals surface area contributed by atoms with Crippen molar-refractivity contribution in [2.75, 3.05) is 6.61 Å². The molecule has 0 saturated heterocycles. The summed E-state index contributed by atoms with van der Waals surface area (Å²) in [6, 6.07) is 0. The average molecular weight is 253 g/mol. The topological polar surface area (TPSA) is 43.4 Å². The van der Waals surface area contributed by atoms with Crippen LogP contribution in [0.3, 0.4) is 0 Å². The summed E-state index contributed by atoms with van der Waals surface area (Å²) in [7, 11) is 0. The Kier molecular flexibility index (Phi) is 4.20. The van der Waals surface area contributed by atoms with Gasteiger partial charge in [0.05, 0.1) is 6.61 Å². The number of carbonyl (C=O) groups excluding carboxylic acids is 2. The molecule has 0 radical (unpaired) electrons. The van der Waals surface area contributed by atoms with Crippen LogP contribution in [0.2, 0.25) is 0 Å². The van der Waals surface area contributed by atoms with Crippen LogP contribution in [0.25, 0.3) is 0 Å². The molecule has 1 atom stereocenters. The lowest BCUT2D eigenvalue weighted by Gasteiger charge is -2.22. The van der Waals surface area contributed by atoms with Gasteiger partial charge in [-0.25, -0.2) is 4.79 Å². The third-order valence-electron chi connectivity index (χ3n) is 1.22. The maximum absolute atomic E-state index is 12.2. The van der Waals surface area contributed by atoms with Crippen molar-refractivity contribution in [3.63, 3.8) is 0 Å². The van der Waals surface area contributed by atoms with Crippen LogP contribution in [0.4, 0.5) is 13.2 Å². The van der Waals surface area contributed by atoms with Gasteiger partial charge in [-0.15, -0.1) is 0 Å². The molecule has 0 saturated carbocycles. The van der Waals surface area contributed by atoms with E-state index >= 15 is 0 Å². The number of rotatable bonds is 3. The monoisotopic (exact) mass is 252 g/mol. The molecule has 8 heteroatoms. The second-order valence-corrected chi connectivity index (χ2v) is 3.06. The van der Waals surface area contributed by atoms with Gasteiger partial charge in [-0.1, -0.05) is 11.6 Å². The Bertz CT molecular complexity index is 253. The molecule has 14 heavy (non-hydrogen) atoms. The van der Waals surface area contributed by atoms with E-state index in [4.69, 9.17) is 11.6 Å². The summed E-state index contributed by atoms with van der Waals surface area (Å²) >= 11 is 9.41. The van der Waals surface area contributed by atoms with E-state index in [-0.39, 0.29) is 6.61 Å². The van der Waals surface area contributed by atoms with Crippen LogP contribution in [0.1, 0.15) is 6.92 Å². The zero-order valence-corrected chi connectivity index (χ0v) is 8.33. The lowest BCUT2D eigenvalue weighted by molar-refractivity contribution is -0.187. The summed E-state index contributed by atoms with van der Waals surface area (Å²) in [6.07, 6.45) is -5.29. The molecule has 0 aromatic rings. The van der Waals surface area contributed by atoms with E-state index in [9.17, 15) is 22.8 Å². The standard InChI is InChI=1S/C6H5Cl2F3O3/c1-2-14-4(13)5(8,3(7)12)6(9,10)11/h2H2,1H3. The number of hydrogen-bond donors (Lipinski definition) is 0. The van der Waals surface area contributed by atoms with E-state index in [1.54, 1.807) is 0 Å². The predicted octanol–water partition coefficient (Wildman–Crippen LogP) is 1.85. The number of hydrogen-bond acceptors (Lipinski definition) is 3. The first kappa shape index (κ1) is 13.5. The van der Waals surface area contributed by atoms with Crippen molar-refractivity contribution in [2.45, 2.75) is 18.0 Å². The molecule has 0 rings (SSSR count). The van der Waals surface area contributed by atoms with Crippen LogP contribution in [0, 0.1) is 0 Å². The summed E-state index contributed by atoms with van der Waals surface area (Å²) in [5, 5.41) is -2.04. The SMILES string of the molecule is CCOC(=O)C(Cl)(C(=O)Cl)C(F)(F)F. The summed E-state index contributed by atoms with van der Waals surface area (Å²) in [5.74, 6) is -1.92. The Morgan fingerprint density at radius 2 is 1.79 bits per heavy atom. The van der Waals surface area contributed by atoms with Crippen molar-refractivity contribution in [2.24, 2.45) is 0 Å². The highest BCUT2D eigenvalue weighted by Crippen LogP contribution is 2.39. The summed E-state index contributed by atoms with van der Waals surface area (Å²) in [5.41, 5.74) is 0. The maximum atomic E-state index is 12.2. The molecule has 0 aromatic carbocycles. The van der Waals surface area contributed by atoms with Crippen molar-refractivity contribution in [1.29, 1.82) is 0 Å². The highest BCUT2D eigenvalue weighted by Gasteiger charge is 2.65. The van der Waals surface area contributed by atoms with Crippen LogP contribution in [-0.4, -0.2) is 28.9 Å². The van der Waals surface area contributed by atoms with E-state index in [2.05, 4.69) is 16.3 Å². The maximum Gasteiger partial charge on any atom is 0.426 e. The van der Waals surface area contributed by atoms with Gasteiger partial charge in [-0.3, -0.25) is 4.79 Å². The van der Waals surface area contributed by atoms with Crippen molar-refractivity contribution in [3.05, 3.63) is 0 Å². The first-order valence-electron chi connectivity index (χ1n) is 3.30. The molecule has 0 aliphatic carbocycles. The largest absolute Gasteiger partial charge is 0.464 e. The first-order valence-corrected chi connectivity index (χ1v) is 4.06. The van der Waals surface area contributed by atoms with Gasteiger partial charge in [0, 0.05) is 0 Å². The first-order chi connectivity index (χ1) is 6.17. The minimum Gasteiger partial charge on any atom is -0.464 e. The summed E-state index contributed by atoms with van der Waals surface area (Å²) in [6.45, 7) is 0.928. The summed E-state index contributed by atoms with van der Waals surface area (Å²) < 4.78 is 40.6. The van der Waals surface area contributed by atoms with E-state index in [1.165, 1.54) is 6.92 Å². The molecular formula is C6H5Cl2F3O3. The molecular weight excluding hydrogens is 248 g/mol. The Balaban J connectivity index is 5.12. The normalized spacial score (nSPS) is 15.9. The van der Waals surface area contributed by atoms with Crippen LogP contribution in [0.15, 0.2) is 0 Å². The Labute approximate surface area is 87.1 Å². The number of alkyl halides is 4. The molecule has 82 valence electrons. The van der Waals surface area contributed by atoms with Crippen molar-refractivity contribution < 1.29 is 27.5 Å². The molecule has 0 fully saturated rings. The van der Waals surface area contributed by atoms with Crippen molar-refractivity contribution in [3.8, 4) is 0 Å². The predicted molar refractivity (Wildman–Crippen MR) is 42.1 cm³/mol. The lowest BCUT2D eigenvalue weighted by atomic mass is 10.1. The second kappa shape index (κ2) is 4.35.